The molecule has 1 aliphatic heterocycles. The first kappa shape index (κ1) is 21.6. The molecule has 1 atom stereocenters. The number of likely N-dealkylation sites (tertiary alicyclic amines) is 1. The van der Waals surface area contributed by atoms with Crippen LogP contribution in [0.2, 0.25) is 0 Å². The molecule has 31 heavy (non-hydrogen) atoms. The van der Waals surface area contributed by atoms with Crippen molar-refractivity contribution < 1.29 is 8.78 Å². The summed E-state index contributed by atoms with van der Waals surface area (Å²) in [6.07, 6.45) is 2.92. The van der Waals surface area contributed by atoms with Gasteiger partial charge in [0.2, 0.25) is 0 Å². The third kappa shape index (κ3) is 4.40. The number of rotatable bonds is 5. The van der Waals surface area contributed by atoms with E-state index in [1.807, 2.05) is 11.5 Å². The number of piperidine rings is 1. The molecular weight excluding hydrogens is 396 g/mol. The quantitative estimate of drug-likeness (QED) is 0.576. The van der Waals surface area contributed by atoms with Crippen molar-refractivity contribution in [2.24, 2.45) is 5.92 Å². The van der Waals surface area contributed by atoms with E-state index in [4.69, 9.17) is 4.98 Å². The highest BCUT2D eigenvalue weighted by molar-refractivity contribution is 5.83. The molecule has 1 aliphatic rings. The van der Waals surface area contributed by atoms with Crippen LogP contribution in [0.4, 0.5) is 8.78 Å². The van der Waals surface area contributed by atoms with E-state index in [2.05, 4.69) is 18.7 Å². The van der Waals surface area contributed by atoms with Gasteiger partial charge in [0.1, 0.15) is 5.82 Å². The largest absolute Gasteiger partial charge is 0.301 e. The Bertz CT molecular complexity index is 1160. The highest BCUT2D eigenvalue weighted by atomic mass is 19.2. The highest BCUT2D eigenvalue weighted by Crippen LogP contribution is 2.25. The van der Waals surface area contributed by atoms with E-state index in [0.29, 0.717) is 47.0 Å². The topological polar surface area (TPSA) is 38.1 Å². The normalized spacial score (nSPS) is 17.5. The predicted octanol–water partition coefficient (Wildman–Crippen LogP) is 5.02. The first-order chi connectivity index (χ1) is 14.9. The summed E-state index contributed by atoms with van der Waals surface area (Å²) in [4.78, 5) is 20.7. The summed E-state index contributed by atoms with van der Waals surface area (Å²) in [7, 11) is 0. The Morgan fingerprint density at radius 3 is 2.55 bits per heavy atom. The summed E-state index contributed by atoms with van der Waals surface area (Å²) < 4.78 is 28.9. The van der Waals surface area contributed by atoms with Crippen LogP contribution in [-0.4, -0.2) is 33.6 Å². The number of hydrogen-bond donors (Lipinski definition) is 0. The molecule has 3 aromatic rings. The second-order valence-electron chi connectivity index (χ2n) is 8.76. The molecule has 2 aromatic carbocycles. The second-order valence-corrected chi connectivity index (χ2v) is 8.76. The summed E-state index contributed by atoms with van der Waals surface area (Å²) in [5.41, 5.74) is 1.78. The number of fused-ring (bicyclic) bond motifs is 1. The molecule has 0 bridgehead atoms. The minimum absolute atomic E-state index is 0.0621. The van der Waals surface area contributed by atoms with Crippen LogP contribution in [0.3, 0.4) is 0 Å². The molecule has 0 unspecified atom stereocenters. The first-order valence-electron chi connectivity index (χ1n) is 11.1. The van der Waals surface area contributed by atoms with Gasteiger partial charge in [0, 0.05) is 25.6 Å². The zero-order valence-corrected chi connectivity index (χ0v) is 18.4. The van der Waals surface area contributed by atoms with Crippen molar-refractivity contribution >= 4 is 10.9 Å². The third-order valence-corrected chi connectivity index (χ3v) is 6.32. The zero-order chi connectivity index (χ0) is 22.1. The maximum absolute atomic E-state index is 13.7. The van der Waals surface area contributed by atoms with Crippen molar-refractivity contribution in [1.29, 1.82) is 0 Å². The average Bonchev–Trinajstić information content (AvgIpc) is 2.77. The van der Waals surface area contributed by atoms with Crippen molar-refractivity contribution in [3.8, 4) is 11.1 Å². The Morgan fingerprint density at radius 2 is 1.84 bits per heavy atom. The minimum atomic E-state index is -0.901. The number of aryl methyl sites for hydroxylation is 1. The predicted molar refractivity (Wildman–Crippen MR) is 120 cm³/mol. The Kier molecular flexibility index (Phi) is 6.19. The smallest absolute Gasteiger partial charge is 0.261 e. The lowest BCUT2D eigenvalue weighted by atomic mass is 9.96. The first-order valence-corrected chi connectivity index (χ1v) is 11.1. The van der Waals surface area contributed by atoms with Crippen molar-refractivity contribution in [2.75, 3.05) is 13.1 Å². The number of hydrogen-bond acceptors (Lipinski definition) is 3. The van der Waals surface area contributed by atoms with Gasteiger partial charge in [0.15, 0.2) is 11.6 Å². The molecule has 0 radical (unpaired) electrons. The van der Waals surface area contributed by atoms with E-state index in [1.165, 1.54) is 6.07 Å². The molecule has 1 saturated heterocycles. The fraction of sp³-hybridized carbons (Fsp3) is 0.440. The van der Waals surface area contributed by atoms with Crippen molar-refractivity contribution in [3.05, 3.63) is 64.2 Å². The van der Waals surface area contributed by atoms with Crippen LogP contribution in [0.25, 0.3) is 22.0 Å². The Balaban J connectivity index is 1.73. The molecule has 2 heterocycles. The number of benzene rings is 2. The Hall–Kier alpha value is -2.60. The summed E-state index contributed by atoms with van der Waals surface area (Å²) in [5, 5.41) is 0.510. The molecule has 6 heteroatoms. The second kappa shape index (κ2) is 8.87. The van der Waals surface area contributed by atoms with Crippen LogP contribution in [0.1, 0.15) is 39.4 Å². The third-order valence-electron chi connectivity index (χ3n) is 6.32. The Labute approximate surface area is 181 Å². The van der Waals surface area contributed by atoms with Gasteiger partial charge in [-0.1, -0.05) is 19.1 Å². The van der Waals surface area contributed by atoms with E-state index in [1.54, 1.807) is 18.2 Å². The lowest BCUT2D eigenvalue weighted by Crippen LogP contribution is -2.42. The summed E-state index contributed by atoms with van der Waals surface area (Å²) in [5.74, 6) is -0.585. The van der Waals surface area contributed by atoms with Gasteiger partial charge in [-0.25, -0.2) is 13.8 Å². The molecule has 4 rings (SSSR count). The molecule has 0 amide bonds. The van der Waals surface area contributed by atoms with E-state index >= 15 is 0 Å². The van der Waals surface area contributed by atoms with Gasteiger partial charge in [-0.15, -0.1) is 0 Å². The van der Waals surface area contributed by atoms with E-state index in [-0.39, 0.29) is 5.56 Å². The van der Waals surface area contributed by atoms with Gasteiger partial charge in [0.25, 0.3) is 5.56 Å². The van der Waals surface area contributed by atoms with Crippen LogP contribution in [0.5, 0.6) is 0 Å². The van der Waals surface area contributed by atoms with E-state index < -0.39 is 11.6 Å². The zero-order valence-electron chi connectivity index (χ0n) is 18.4. The van der Waals surface area contributed by atoms with Crippen molar-refractivity contribution in [3.63, 3.8) is 0 Å². The van der Waals surface area contributed by atoms with Crippen LogP contribution < -0.4 is 5.56 Å². The lowest BCUT2D eigenvalue weighted by Gasteiger charge is -2.35. The molecule has 0 spiro atoms. The number of nitrogens with zero attached hydrogens (tertiary/aromatic N) is 3. The van der Waals surface area contributed by atoms with Crippen molar-refractivity contribution in [2.45, 2.75) is 52.6 Å². The summed E-state index contributed by atoms with van der Waals surface area (Å²) in [6.45, 7) is 9.19. The number of aromatic nitrogens is 2. The number of halogens is 2. The van der Waals surface area contributed by atoms with Gasteiger partial charge >= 0.3 is 0 Å². The van der Waals surface area contributed by atoms with Crippen LogP contribution in [0.15, 0.2) is 41.2 Å². The fourth-order valence-electron chi connectivity index (χ4n) is 4.55. The molecule has 0 N–H and O–H groups in total. The maximum Gasteiger partial charge on any atom is 0.261 e. The van der Waals surface area contributed by atoms with Crippen molar-refractivity contribution in [1.82, 2.24) is 14.5 Å². The SMILES string of the molecule is CCc1nc2ccc(-c3ccc(F)c(F)c3)cc2c(=O)n1C[C@H]1CCCN(C(C)C)C1. The van der Waals surface area contributed by atoms with Crippen LogP contribution >= 0.6 is 0 Å². The van der Waals surface area contributed by atoms with Crippen LogP contribution in [0, 0.1) is 17.6 Å². The Morgan fingerprint density at radius 1 is 1.10 bits per heavy atom. The van der Waals surface area contributed by atoms with Gasteiger partial charge < -0.3 is 4.90 Å². The molecule has 164 valence electrons. The molecular formula is C25H29F2N3O. The maximum atomic E-state index is 13.7. The minimum Gasteiger partial charge on any atom is -0.301 e. The van der Waals surface area contributed by atoms with Gasteiger partial charge in [-0.05, 0) is 74.5 Å². The molecule has 4 nitrogen and oxygen atoms in total. The molecule has 1 aromatic heterocycles. The van der Waals surface area contributed by atoms with Crippen LogP contribution in [-0.2, 0) is 13.0 Å². The standard InChI is InChI=1S/C25H29F2N3O/c1-4-24-28-23-10-8-18(19-7-9-21(26)22(27)13-19)12-20(23)25(31)30(24)15-17-6-5-11-29(14-17)16(2)3/h7-10,12-13,16-17H,4-6,11,14-15H2,1-3H3/t17-/m0/s1. The molecule has 1 fully saturated rings. The van der Waals surface area contributed by atoms with Gasteiger partial charge in [0.05, 0.1) is 10.9 Å². The highest BCUT2D eigenvalue weighted by Gasteiger charge is 2.23. The van der Waals surface area contributed by atoms with Gasteiger partial charge in [-0.3, -0.25) is 9.36 Å². The fourth-order valence-corrected chi connectivity index (χ4v) is 4.55. The van der Waals surface area contributed by atoms with E-state index in [0.717, 1.165) is 43.9 Å². The van der Waals surface area contributed by atoms with E-state index in [9.17, 15) is 13.6 Å². The monoisotopic (exact) mass is 425 g/mol. The molecule has 0 saturated carbocycles. The lowest BCUT2D eigenvalue weighted by molar-refractivity contribution is 0.129. The van der Waals surface area contributed by atoms with Gasteiger partial charge in [-0.2, -0.15) is 0 Å². The average molecular weight is 426 g/mol. The summed E-state index contributed by atoms with van der Waals surface area (Å²) >= 11 is 0. The summed E-state index contributed by atoms with van der Waals surface area (Å²) in [6, 6.07) is 9.62. The molecule has 0 aliphatic carbocycles.